The van der Waals surface area contributed by atoms with Gasteiger partial charge in [-0.15, -0.1) is 0 Å². The number of nitrogens with zero attached hydrogens (tertiary/aromatic N) is 2. The molecule has 34 heavy (non-hydrogen) atoms. The molecule has 0 bridgehead atoms. The molecule has 0 spiro atoms. The summed E-state index contributed by atoms with van der Waals surface area (Å²) in [5.41, 5.74) is 1.65. The number of oxime groups is 1. The van der Waals surface area contributed by atoms with Gasteiger partial charge in [0.15, 0.2) is 5.75 Å². The molecule has 0 saturated heterocycles. The zero-order valence-corrected chi connectivity index (χ0v) is 22.3. The quantitative estimate of drug-likeness (QED) is 0.136. The van der Waals surface area contributed by atoms with Gasteiger partial charge in [-0.05, 0) is 45.3 Å². The Hall–Kier alpha value is -1.86. The predicted molar refractivity (Wildman–Crippen MR) is 139 cm³/mol. The number of hydrogen-bond acceptors (Lipinski definition) is 6. The maximum Gasteiger partial charge on any atom is 0.213 e. The Morgan fingerprint density at radius 1 is 1.06 bits per heavy atom. The summed E-state index contributed by atoms with van der Waals surface area (Å²) in [6, 6.07) is 6.97. The first-order valence-electron chi connectivity index (χ1n) is 10.9. The molecule has 0 aliphatic heterocycles. The Morgan fingerprint density at radius 2 is 1.74 bits per heavy atom. The molecule has 1 aromatic heterocycles. The summed E-state index contributed by atoms with van der Waals surface area (Å²) in [7, 11) is 0. The highest BCUT2D eigenvalue weighted by Crippen LogP contribution is 2.37. The lowest BCUT2D eigenvalue weighted by Gasteiger charge is -2.12. The fourth-order valence-electron chi connectivity index (χ4n) is 2.49. The molecule has 2 rings (SSSR count). The molecule has 0 radical (unpaired) electrons. The average Bonchev–Trinajstić information content (AvgIpc) is 2.81. The SMILES string of the molecule is CCC(C)ON=C(C)c1ccc(OCCCCOc2c(Cl)cc(OCC=C(Cl)Cl)cc2Cl)nc1. The number of ether oxygens (including phenoxy) is 3. The molecule has 1 unspecified atom stereocenters. The number of unbranched alkanes of at least 4 members (excludes halogenated alkanes) is 1. The molecule has 10 heteroatoms. The molecule has 2 aromatic rings. The molecule has 1 atom stereocenters. The molecular formula is C24H28Cl4N2O4. The molecule has 1 heterocycles. The van der Waals surface area contributed by atoms with Crippen molar-refractivity contribution in [3.8, 4) is 17.4 Å². The summed E-state index contributed by atoms with van der Waals surface area (Å²) in [6.07, 6.45) is 5.74. The van der Waals surface area contributed by atoms with Crippen molar-refractivity contribution in [3.05, 3.63) is 56.6 Å². The predicted octanol–water partition coefficient (Wildman–Crippen LogP) is 7.86. The number of aromatic nitrogens is 1. The molecule has 6 nitrogen and oxygen atoms in total. The summed E-state index contributed by atoms with van der Waals surface area (Å²) < 4.78 is 17.0. The van der Waals surface area contributed by atoms with Crippen molar-refractivity contribution in [2.24, 2.45) is 5.16 Å². The first-order valence-corrected chi connectivity index (χ1v) is 12.4. The number of pyridine rings is 1. The normalized spacial score (nSPS) is 12.1. The first-order chi connectivity index (χ1) is 16.3. The maximum absolute atomic E-state index is 6.27. The number of hydrogen-bond donors (Lipinski definition) is 0. The standard InChI is InChI=1S/C24H28Cl4N2O4/c1-4-16(2)34-30-17(3)18-7-8-23(29-15-18)32-10-5-6-11-33-24-20(25)13-19(14-21(24)26)31-12-9-22(27)28/h7-9,13-16H,4-6,10-12H2,1-3H3. The second-order valence-corrected chi connectivity index (χ2v) is 9.13. The van der Waals surface area contributed by atoms with Gasteiger partial charge < -0.3 is 19.0 Å². The summed E-state index contributed by atoms with van der Waals surface area (Å²) in [6.45, 7) is 7.05. The molecule has 0 aliphatic rings. The second kappa shape index (κ2) is 15.2. The minimum absolute atomic E-state index is 0.0823. The fraction of sp³-hybridized carbons (Fsp3) is 0.417. The van der Waals surface area contributed by atoms with Crippen molar-refractivity contribution >= 4 is 52.1 Å². The first kappa shape index (κ1) is 28.4. The fourth-order valence-corrected chi connectivity index (χ4v) is 3.19. The monoisotopic (exact) mass is 548 g/mol. The van der Waals surface area contributed by atoms with E-state index in [1.165, 1.54) is 6.08 Å². The van der Waals surface area contributed by atoms with Crippen LogP contribution >= 0.6 is 46.4 Å². The molecule has 0 N–H and O–H groups in total. The van der Waals surface area contributed by atoms with Crippen LogP contribution in [0.3, 0.4) is 0 Å². The lowest BCUT2D eigenvalue weighted by molar-refractivity contribution is 0.0699. The number of benzene rings is 1. The van der Waals surface area contributed by atoms with E-state index in [1.54, 1.807) is 18.3 Å². The van der Waals surface area contributed by atoms with Crippen LogP contribution in [0.2, 0.25) is 10.0 Å². The topological polar surface area (TPSA) is 62.2 Å². The van der Waals surface area contributed by atoms with Gasteiger partial charge in [-0.2, -0.15) is 0 Å². The summed E-state index contributed by atoms with van der Waals surface area (Å²) in [5, 5.41) is 4.85. The highest BCUT2D eigenvalue weighted by molar-refractivity contribution is 6.55. The van der Waals surface area contributed by atoms with Crippen LogP contribution in [0, 0.1) is 0 Å². The third-order valence-corrected chi connectivity index (χ3v) is 5.46. The van der Waals surface area contributed by atoms with Crippen LogP contribution in [0.5, 0.6) is 17.4 Å². The molecule has 0 saturated carbocycles. The van der Waals surface area contributed by atoms with Crippen molar-refractivity contribution < 1.29 is 19.0 Å². The average molecular weight is 550 g/mol. The third kappa shape index (κ3) is 10.2. The maximum atomic E-state index is 6.27. The Labute approximate surface area is 220 Å². The van der Waals surface area contributed by atoms with E-state index < -0.39 is 0 Å². The van der Waals surface area contributed by atoms with E-state index in [2.05, 4.69) is 10.1 Å². The van der Waals surface area contributed by atoms with Gasteiger partial charge in [-0.3, -0.25) is 0 Å². The molecular weight excluding hydrogens is 522 g/mol. The van der Waals surface area contributed by atoms with Gasteiger partial charge in [0, 0.05) is 30.0 Å². The molecule has 0 aliphatic carbocycles. The Morgan fingerprint density at radius 3 is 2.32 bits per heavy atom. The van der Waals surface area contributed by atoms with Gasteiger partial charge in [0.2, 0.25) is 5.88 Å². The van der Waals surface area contributed by atoms with E-state index in [1.807, 2.05) is 32.9 Å². The van der Waals surface area contributed by atoms with Gasteiger partial charge in [0.25, 0.3) is 0 Å². The third-order valence-electron chi connectivity index (χ3n) is 4.59. The van der Waals surface area contributed by atoms with Crippen molar-refractivity contribution in [3.63, 3.8) is 0 Å². The Kier molecular flexibility index (Phi) is 12.7. The van der Waals surface area contributed by atoms with E-state index >= 15 is 0 Å². The Balaban J connectivity index is 1.72. The molecule has 1 aromatic carbocycles. The highest BCUT2D eigenvalue weighted by Gasteiger charge is 2.11. The lowest BCUT2D eigenvalue weighted by atomic mass is 10.2. The lowest BCUT2D eigenvalue weighted by Crippen LogP contribution is -2.06. The van der Waals surface area contributed by atoms with Gasteiger partial charge in [0.1, 0.15) is 23.0 Å². The van der Waals surface area contributed by atoms with Crippen LogP contribution in [0.1, 0.15) is 45.6 Å². The van der Waals surface area contributed by atoms with Crippen LogP contribution in [0.4, 0.5) is 0 Å². The van der Waals surface area contributed by atoms with Crippen molar-refractivity contribution in [1.29, 1.82) is 0 Å². The van der Waals surface area contributed by atoms with Crippen LogP contribution in [-0.4, -0.2) is 36.6 Å². The van der Waals surface area contributed by atoms with Crippen LogP contribution in [-0.2, 0) is 4.84 Å². The summed E-state index contributed by atoms with van der Waals surface area (Å²) in [5.74, 6) is 1.45. The largest absolute Gasteiger partial charge is 0.490 e. The summed E-state index contributed by atoms with van der Waals surface area (Å²) in [4.78, 5) is 9.72. The van der Waals surface area contributed by atoms with Crippen LogP contribution in [0.25, 0.3) is 0 Å². The van der Waals surface area contributed by atoms with Crippen LogP contribution in [0.15, 0.2) is 46.2 Å². The number of rotatable bonds is 14. The minimum Gasteiger partial charge on any atom is -0.490 e. The van der Waals surface area contributed by atoms with E-state index in [-0.39, 0.29) is 17.2 Å². The van der Waals surface area contributed by atoms with Crippen molar-refractivity contribution in [1.82, 2.24) is 4.98 Å². The van der Waals surface area contributed by atoms with Crippen molar-refractivity contribution in [2.75, 3.05) is 19.8 Å². The second-order valence-electron chi connectivity index (χ2n) is 7.31. The van der Waals surface area contributed by atoms with Gasteiger partial charge >= 0.3 is 0 Å². The van der Waals surface area contributed by atoms with E-state index in [9.17, 15) is 0 Å². The zero-order valence-electron chi connectivity index (χ0n) is 19.3. The van der Waals surface area contributed by atoms with Gasteiger partial charge in [-0.25, -0.2) is 4.98 Å². The molecule has 0 fully saturated rings. The van der Waals surface area contributed by atoms with Gasteiger partial charge in [0.05, 0.1) is 29.0 Å². The zero-order chi connectivity index (χ0) is 24.9. The minimum atomic E-state index is 0.0823. The van der Waals surface area contributed by atoms with Gasteiger partial charge in [-0.1, -0.05) is 58.5 Å². The van der Waals surface area contributed by atoms with E-state index in [0.717, 1.165) is 30.5 Å². The smallest absolute Gasteiger partial charge is 0.213 e. The highest BCUT2D eigenvalue weighted by atomic mass is 35.5. The van der Waals surface area contributed by atoms with Crippen molar-refractivity contribution in [2.45, 2.75) is 46.1 Å². The molecule has 186 valence electrons. The van der Waals surface area contributed by atoms with Crippen LogP contribution < -0.4 is 14.2 Å². The van der Waals surface area contributed by atoms with E-state index in [0.29, 0.717) is 40.6 Å². The summed E-state index contributed by atoms with van der Waals surface area (Å²) >= 11 is 23.6. The van der Waals surface area contributed by atoms with E-state index in [4.69, 9.17) is 65.5 Å². The Bertz CT molecular complexity index is 941. The number of halogens is 4. The molecule has 0 amide bonds.